The van der Waals surface area contributed by atoms with Gasteiger partial charge in [-0.1, -0.05) is 0 Å². The van der Waals surface area contributed by atoms with Crippen LogP contribution < -0.4 is 0 Å². The highest BCUT2D eigenvalue weighted by Crippen LogP contribution is 2.16. The van der Waals surface area contributed by atoms with Crippen molar-refractivity contribution in [1.82, 2.24) is 4.90 Å². The van der Waals surface area contributed by atoms with E-state index >= 15 is 0 Å². The summed E-state index contributed by atoms with van der Waals surface area (Å²) >= 11 is 0. The zero-order valence-electron chi connectivity index (χ0n) is 8.04. The van der Waals surface area contributed by atoms with Gasteiger partial charge in [-0.15, -0.1) is 0 Å². The Bertz CT molecular complexity index is 168. The third-order valence-corrected chi connectivity index (χ3v) is 2.37. The first-order valence-corrected chi connectivity index (χ1v) is 4.47. The zero-order chi connectivity index (χ0) is 9.14. The first kappa shape index (κ1) is 9.52. The molecule has 1 saturated heterocycles. The van der Waals surface area contributed by atoms with E-state index in [0.717, 1.165) is 13.0 Å². The number of hydrogen-bond acceptors (Lipinski definition) is 2. The zero-order valence-corrected chi connectivity index (χ0v) is 8.04. The van der Waals surface area contributed by atoms with E-state index in [9.17, 15) is 4.79 Å². The molecular formula is C9H17NO2. The van der Waals surface area contributed by atoms with Gasteiger partial charge < -0.3 is 9.64 Å². The number of piperidine rings is 1. The molecule has 1 heterocycles. The third kappa shape index (κ3) is 1.97. The lowest BCUT2D eigenvalue weighted by atomic mass is 10.1. The molecule has 3 heteroatoms. The molecule has 0 aromatic carbocycles. The van der Waals surface area contributed by atoms with Crippen LogP contribution in [0.2, 0.25) is 0 Å². The van der Waals surface area contributed by atoms with Crippen molar-refractivity contribution >= 4 is 5.91 Å². The minimum Gasteiger partial charge on any atom is -0.381 e. The Morgan fingerprint density at radius 3 is 2.67 bits per heavy atom. The number of carbonyl (C=O) groups excluding carboxylic acids is 1. The molecular weight excluding hydrogens is 154 g/mol. The Kier molecular flexibility index (Phi) is 3.09. The SMILES string of the molecule is CO[C@H]1CCN(C(C)C)C(=O)C1. The monoisotopic (exact) mass is 171 g/mol. The first-order valence-electron chi connectivity index (χ1n) is 4.47. The fourth-order valence-electron chi connectivity index (χ4n) is 1.57. The second-order valence-corrected chi connectivity index (χ2v) is 3.53. The van der Waals surface area contributed by atoms with Gasteiger partial charge in [0.1, 0.15) is 0 Å². The lowest BCUT2D eigenvalue weighted by Gasteiger charge is -2.33. The number of carbonyl (C=O) groups is 1. The molecule has 3 nitrogen and oxygen atoms in total. The van der Waals surface area contributed by atoms with Crippen molar-refractivity contribution in [2.24, 2.45) is 0 Å². The predicted molar refractivity (Wildman–Crippen MR) is 46.9 cm³/mol. The quantitative estimate of drug-likeness (QED) is 0.621. The number of rotatable bonds is 2. The van der Waals surface area contributed by atoms with E-state index in [2.05, 4.69) is 0 Å². The lowest BCUT2D eigenvalue weighted by molar-refractivity contribution is -0.139. The minimum absolute atomic E-state index is 0.146. The van der Waals surface area contributed by atoms with Gasteiger partial charge in [-0.25, -0.2) is 0 Å². The molecule has 0 spiro atoms. The van der Waals surface area contributed by atoms with Gasteiger partial charge in [-0.2, -0.15) is 0 Å². The summed E-state index contributed by atoms with van der Waals surface area (Å²) in [4.78, 5) is 13.4. The number of amides is 1. The highest BCUT2D eigenvalue weighted by molar-refractivity contribution is 5.77. The Hall–Kier alpha value is -0.570. The van der Waals surface area contributed by atoms with Crippen LogP contribution in [0, 0.1) is 0 Å². The van der Waals surface area contributed by atoms with Crippen LogP contribution in [0.5, 0.6) is 0 Å². The molecule has 0 aromatic heterocycles. The Morgan fingerprint density at radius 1 is 1.58 bits per heavy atom. The molecule has 1 amide bonds. The van der Waals surface area contributed by atoms with Crippen LogP contribution in [-0.4, -0.2) is 36.6 Å². The summed E-state index contributed by atoms with van der Waals surface area (Å²) < 4.78 is 5.14. The van der Waals surface area contributed by atoms with Crippen LogP contribution in [0.1, 0.15) is 26.7 Å². The van der Waals surface area contributed by atoms with Crippen molar-refractivity contribution in [3.05, 3.63) is 0 Å². The summed E-state index contributed by atoms with van der Waals surface area (Å²) in [5.74, 6) is 0.225. The fourth-order valence-corrected chi connectivity index (χ4v) is 1.57. The van der Waals surface area contributed by atoms with Crippen molar-refractivity contribution < 1.29 is 9.53 Å². The average molecular weight is 171 g/mol. The molecule has 0 N–H and O–H groups in total. The minimum atomic E-state index is 0.146. The van der Waals surface area contributed by atoms with E-state index in [1.807, 2.05) is 18.7 Å². The Morgan fingerprint density at radius 2 is 2.25 bits per heavy atom. The number of ether oxygens (including phenoxy) is 1. The van der Waals surface area contributed by atoms with Crippen LogP contribution in [0.25, 0.3) is 0 Å². The second-order valence-electron chi connectivity index (χ2n) is 3.53. The normalized spacial score (nSPS) is 25.2. The van der Waals surface area contributed by atoms with E-state index in [0.29, 0.717) is 12.5 Å². The van der Waals surface area contributed by atoms with Gasteiger partial charge in [-0.05, 0) is 20.3 Å². The summed E-state index contributed by atoms with van der Waals surface area (Å²) in [6.07, 6.45) is 1.67. The topological polar surface area (TPSA) is 29.5 Å². The molecule has 12 heavy (non-hydrogen) atoms. The molecule has 1 fully saturated rings. The molecule has 0 aromatic rings. The molecule has 0 radical (unpaired) electrons. The Balaban J connectivity index is 2.48. The highest BCUT2D eigenvalue weighted by atomic mass is 16.5. The summed E-state index contributed by atoms with van der Waals surface area (Å²) in [6, 6.07) is 0.329. The molecule has 1 atom stereocenters. The van der Waals surface area contributed by atoms with E-state index in [4.69, 9.17) is 4.74 Å². The summed E-state index contributed by atoms with van der Waals surface area (Å²) in [7, 11) is 1.67. The maximum Gasteiger partial charge on any atom is 0.225 e. The van der Waals surface area contributed by atoms with Gasteiger partial charge in [-0.3, -0.25) is 4.79 Å². The molecule has 0 bridgehead atoms. The van der Waals surface area contributed by atoms with Crippen molar-refractivity contribution in [2.75, 3.05) is 13.7 Å². The maximum atomic E-state index is 11.5. The van der Waals surface area contributed by atoms with Crippen LogP contribution >= 0.6 is 0 Å². The predicted octanol–water partition coefficient (Wildman–Crippen LogP) is 1.03. The molecule has 70 valence electrons. The molecule has 1 rings (SSSR count). The van der Waals surface area contributed by atoms with Crippen LogP contribution in [0.3, 0.4) is 0 Å². The number of hydrogen-bond donors (Lipinski definition) is 0. The average Bonchev–Trinajstić information content (AvgIpc) is 2.03. The largest absolute Gasteiger partial charge is 0.381 e. The van der Waals surface area contributed by atoms with Crippen LogP contribution in [0.4, 0.5) is 0 Å². The number of nitrogens with zero attached hydrogens (tertiary/aromatic N) is 1. The molecule has 1 aliphatic rings. The summed E-state index contributed by atoms with van der Waals surface area (Å²) in [5, 5.41) is 0. The highest BCUT2D eigenvalue weighted by Gasteiger charge is 2.26. The third-order valence-electron chi connectivity index (χ3n) is 2.37. The molecule has 0 unspecified atom stereocenters. The Labute approximate surface area is 73.7 Å². The number of methoxy groups -OCH3 is 1. The van der Waals surface area contributed by atoms with Crippen molar-refractivity contribution in [1.29, 1.82) is 0 Å². The maximum absolute atomic E-state index is 11.5. The fraction of sp³-hybridized carbons (Fsp3) is 0.889. The van der Waals surface area contributed by atoms with Crippen molar-refractivity contribution in [3.8, 4) is 0 Å². The van der Waals surface area contributed by atoms with Gasteiger partial charge in [0, 0.05) is 19.7 Å². The lowest BCUT2D eigenvalue weighted by Crippen LogP contribution is -2.44. The van der Waals surface area contributed by atoms with Gasteiger partial charge in [0.2, 0.25) is 5.91 Å². The van der Waals surface area contributed by atoms with E-state index < -0.39 is 0 Å². The van der Waals surface area contributed by atoms with Crippen molar-refractivity contribution in [3.63, 3.8) is 0 Å². The first-order chi connectivity index (χ1) is 5.65. The summed E-state index contributed by atoms with van der Waals surface area (Å²) in [5.41, 5.74) is 0. The number of likely N-dealkylation sites (tertiary alicyclic amines) is 1. The van der Waals surface area contributed by atoms with Crippen molar-refractivity contribution in [2.45, 2.75) is 38.8 Å². The van der Waals surface area contributed by atoms with Crippen LogP contribution in [-0.2, 0) is 9.53 Å². The molecule has 0 saturated carbocycles. The van der Waals surface area contributed by atoms with E-state index in [-0.39, 0.29) is 12.0 Å². The summed E-state index contributed by atoms with van der Waals surface area (Å²) in [6.45, 7) is 4.94. The smallest absolute Gasteiger partial charge is 0.225 e. The van der Waals surface area contributed by atoms with E-state index in [1.54, 1.807) is 7.11 Å². The molecule has 1 aliphatic heterocycles. The second kappa shape index (κ2) is 3.90. The van der Waals surface area contributed by atoms with Gasteiger partial charge in [0.05, 0.1) is 12.5 Å². The van der Waals surface area contributed by atoms with Crippen LogP contribution in [0.15, 0.2) is 0 Å². The van der Waals surface area contributed by atoms with Gasteiger partial charge in [0.15, 0.2) is 0 Å². The van der Waals surface area contributed by atoms with Gasteiger partial charge in [0.25, 0.3) is 0 Å². The van der Waals surface area contributed by atoms with Gasteiger partial charge >= 0.3 is 0 Å². The molecule has 0 aliphatic carbocycles. The van der Waals surface area contributed by atoms with E-state index in [1.165, 1.54) is 0 Å². The standard InChI is InChI=1S/C9H17NO2/c1-7(2)10-5-4-8(12-3)6-9(10)11/h7-8H,4-6H2,1-3H3/t8-/m0/s1.